The van der Waals surface area contributed by atoms with Gasteiger partial charge in [0.25, 0.3) is 0 Å². The highest BCUT2D eigenvalue weighted by molar-refractivity contribution is 7.15. The van der Waals surface area contributed by atoms with E-state index in [0.29, 0.717) is 12.3 Å². The normalized spacial score (nSPS) is 19.4. The molecule has 3 heterocycles. The molecule has 3 rings (SSSR count). The average molecular weight is 279 g/mol. The third-order valence-corrected chi connectivity index (χ3v) is 4.42. The molecule has 0 aliphatic carbocycles. The van der Waals surface area contributed by atoms with E-state index in [0.717, 1.165) is 36.6 Å². The Balaban J connectivity index is 1.61. The molecule has 1 fully saturated rings. The molecule has 19 heavy (non-hydrogen) atoms. The summed E-state index contributed by atoms with van der Waals surface area (Å²) >= 11 is 1.57. The van der Waals surface area contributed by atoms with Gasteiger partial charge in [-0.2, -0.15) is 0 Å². The number of hydrogen-bond donors (Lipinski definition) is 1. The summed E-state index contributed by atoms with van der Waals surface area (Å²) in [6.45, 7) is 1.80. The van der Waals surface area contributed by atoms with E-state index in [4.69, 9.17) is 5.11 Å². The molecule has 1 amide bonds. The van der Waals surface area contributed by atoms with E-state index >= 15 is 0 Å². The Bertz CT molecular complexity index is 549. The molecular formula is C13H17N3O2S. The van der Waals surface area contributed by atoms with Crippen molar-refractivity contribution < 1.29 is 9.90 Å². The largest absolute Gasteiger partial charge is 0.396 e. The van der Waals surface area contributed by atoms with Gasteiger partial charge in [0.2, 0.25) is 5.91 Å². The Morgan fingerprint density at radius 3 is 3.26 bits per heavy atom. The molecule has 0 spiro atoms. The summed E-state index contributed by atoms with van der Waals surface area (Å²) < 4.78 is 1.95. The van der Waals surface area contributed by atoms with Crippen molar-refractivity contribution in [1.29, 1.82) is 0 Å². The molecule has 1 N–H and O–H groups in total. The molecule has 1 atom stereocenters. The number of aliphatic hydroxyl groups is 1. The van der Waals surface area contributed by atoms with Crippen LogP contribution in [-0.2, 0) is 11.2 Å². The quantitative estimate of drug-likeness (QED) is 0.914. The summed E-state index contributed by atoms with van der Waals surface area (Å²) in [5, 5.41) is 10.9. The zero-order valence-electron chi connectivity index (χ0n) is 10.7. The van der Waals surface area contributed by atoms with Crippen molar-refractivity contribution in [1.82, 2.24) is 14.3 Å². The van der Waals surface area contributed by atoms with E-state index in [2.05, 4.69) is 4.98 Å². The van der Waals surface area contributed by atoms with Gasteiger partial charge < -0.3 is 10.0 Å². The molecular weight excluding hydrogens is 262 g/mol. The Morgan fingerprint density at radius 1 is 1.58 bits per heavy atom. The molecule has 0 aromatic carbocycles. The van der Waals surface area contributed by atoms with Crippen molar-refractivity contribution in [2.45, 2.75) is 19.3 Å². The molecule has 2 aromatic heterocycles. The zero-order chi connectivity index (χ0) is 13.2. The number of amides is 1. The van der Waals surface area contributed by atoms with Gasteiger partial charge >= 0.3 is 0 Å². The fourth-order valence-electron chi connectivity index (χ4n) is 2.61. The van der Waals surface area contributed by atoms with Crippen LogP contribution in [0, 0.1) is 5.92 Å². The van der Waals surface area contributed by atoms with Gasteiger partial charge in [-0.1, -0.05) is 0 Å². The summed E-state index contributed by atoms with van der Waals surface area (Å²) in [6, 6.07) is 0. The van der Waals surface area contributed by atoms with Gasteiger partial charge in [-0.05, 0) is 18.8 Å². The smallest absolute Gasteiger partial charge is 0.228 e. The van der Waals surface area contributed by atoms with E-state index in [9.17, 15) is 4.79 Å². The van der Waals surface area contributed by atoms with Crippen LogP contribution >= 0.6 is 11.3 Å². The first-order valence-electron chi connectivity index (χ1n) is 6.56. The lowest BCUT2D eigenvalue weighted by Crippen LogP contribution is -2.30. The molecule has 1 saturated heterocycles. The number of aromatic nitrogens is 2. The van der Waals surface area contributed by atoms with E-state index < -0.39 is 0 Å². The van der Waals surface area contributed by atoms with Crippen molar-refractivity contribution in [3.8, 4) is 0 Å². The SMILES string of the molecule is O=C(Cc1cn2ccsc2n1)N1CCC(CCO)C1. The van der Waals surface area contributed by atoms with E-state index in [1.807, 2.05) is 27.1 Å². The molecule has 102 valence electrons. The molecule has 1 aliphatic rings. The van der Waals surface area contributed by atoms with Crippen molar-refractivity contribution >= 4 is 22.2 Å². The molecule has 2 aromatic rings. The van der Waals surface area contributed by atoms with Crippen molar-refractivity contribution in [2.24, 2.45) is 5.92 Å². The van der Waals surface area contributed by atoms with Crippen molar-refractivity contribution in [3.63, 3.8) is 0 Å². The van der Waals surface area contributed by atoms with Gasteiger partial charge in [-0.3, -0.25) is 9.20 Å². The number of imidazole rings is 1. The predicted molar refractivity (Wildman–Crippen MR) is 73.2 cm³/mol. The molecule has 1 unspecified atom stereocenters. The monoisotopic (exact) mass is 279 g/mol. The third-order valence-electron chi connectivity index (χ3n) is 3.65. The van der Waals surface area contributed by atoms with Crippen molar-refractivity contribution in [3.05, 3.63) is 23.5 Å². The highest BCUT2D eigenvalue weighted by atomic mass is 32.1. The van der Waals surface area contributed by atoms with Crippen LogP contribution in [-0.4, -0.2) is 45.0 Å². The summed E-state index contributed by atoms with van der Waals surface area (Å²) in [7, 11) is 0. The topological polar surface area (TPSA) is 57.8 Å². The third kappa shape index (κ3) is 2.64. The minimum absolute atomic E-state index is 0.145. The van der Waals surface area contributed by atoms with Gasteiger partial charge in [0.15, 0.2) is 4.96 Å². The average Bonchev–Trinajstić information content (AvgIpc) is 3.03. The van der Waals surface area contributed by atoms with Gasteiger partial charge in [0, 0.05) is 37.5 Å². The second-order valence-corrected chi connectivity index (χ2v) is 5.88. The van der Waals surface area contributed by atoms with E-state index in [1.54, 1.807) is 11.3 Å². The maximum Gasteiger partial charge on any atom is 0.228 e. The number of fused-ring (bicyclic) bond motifs is 1. The summed E-state index contributed by atoms with van der Waals surface area (Å²) in [5.41, 5.74) is 0.836. The predicted octanol–water partition coefficient (Wildman–Crippen LogP) is 1.17. The highest BCUT2D eigenvalue weighted by Gasteiger charge is 2.26. The molecule has 0 bridgehead atoms. The Kier molecular flexibility index (Phi) is 3.52. The van der Waals surface area contributed by atoms with Crippen LogP contribution in [0.1, 0.15) is 18.5 Å². The number of thiazole rings is 1. The minimum atomic E-state index is 0.145. The van der Waals surface area contributed by atoms with E-state index in [-0.39, 0.29) is 12.5 Å². The summed E-state index contributed by atoms with van der Waals surface area (Å²) in [4.78, 5) is 19.4. The highest BCUT2D eigenvalue weighted by Crippen LogP contribution is 2.20. The molecule has 5 nitrogen and oxygen atoms in total. The lowest BCUT2D eigenvalue weighted by Gasteiger charge is -2.15. The number of carbonyl (C=O) groups excluding carboxylic acids is 1. The first kappa shape index (κ1) is 12.6. The maximum atomic E-state index is 12.2. The number of nitrogens with zero attached hydrogens (tertiary/aromatic N) is 3. The molecule has 0 radical (unpaired) electrons. The van der Waals surface area contributed by atoms with Crippen LogP contribution < -0.4 is 0 Å². The van der Waals surface area contributed by atoms with Gasteiger partial charge in [-0.15, -0.1) is 11.3 Å². The van der Waals surface area contributed by atoms with Gasteiger partial charge in [0.05, 0.1) is 12.1 Å². The molecule has 6 heteroatoms. The van der Waals surface area contributed by atoms with Crippen LogP contribution in [0.25, 0.3) is 4.96 Å². The van der Waals surface area contributed by atoms with Crippen molar-refractivity contribution in [2.75, 3.05) is 19.7 Å². The fourth-order valence-corrected chi connectivity index (χ4v) is 3.32. The summed E-state index contributed by atoms with van der Waals surface area (Å²) in [5.74, 6) is 0.602. The number of likely N-dealkylation sites (tertiary alicyclic amines) is 1. The number of rotatable bonds is 4. The molecule has 1 aliphatic heterocycles. The minimum Gasteiger partial charge on any atom is -0.396 e. The first-order valence-corrected chi connectivity index (χ1v) is 7.44. The van der Waals surface area contributed by atoms with Crippen LogP contribution in [0.15, 0.2) is 17.8 Å². The lowest BCUT2D eigenvalue weighted by molar-refractivity contribution is -0.129. The molecule has 0 saturated carbocycles. The maximum absolute atomic E-state index is 12.2. The standard InChI is InChI=1S/C13H17N3O2S/c17-5-2-10-1-3-15(8-10)12(18)7-11-9-16-4-6-19-13(16)14-11/h4,6,9-10,17H,1-3,5,7-8H2. The number of aliphatic hydroxyl groups excluding tert-OH is 1. The lowest BCUT2D eigenvalue weighted by atomic mass is 10.1. The Labute approximate surface area is 115 Å². The van der Waals surface area contributed by atoms with Crippen LogP contribution in [0.4, 0.5) is 0 Å². The van der Waals surface area contributed by atoms with Gasteiger partial charge in [-0.25, -0.2) is 4.98 Å². The number of carbonyl (C=O) groups is 1. The second kappa shape index (κ2) is 5.30. The van der Waals surface area contributed by atoms with Crippen LogP contribution in [0.2, 0.25) is 0 Å². The zero-order valence-corrected chi connectivity index (χ0v) is 11.5. The van der Waals surface area contributed by atoms with E-state index in [1.165, 1.54) is 0 Å². The van der Waals surface area contributed by atoms with Gasteiger partial charge in [0.1, 0.15) is 0 Å². The second-order valence-electron chi connectivity index (χ2n) is 5.01. The number of hydrogen-bond acceptors (Lipinski definition) is 4. The fraction of sp³-hybridized carbons (Fsp3) is 0.538. The first-order chi connectivity index (χ1) is 9.26. The Hall–Kier alpha value is -1.40. The van der Waals surface area contributed by atoms with Crippen LogP contribution in [0.3, 0.4) is 0 Å². The summed E-state index contributed by atoms with van der Waals surface area (Å²) in [6.07, 6.45) is 6.05. The Morgan fingerprint density at radius 2 is 2.47 bits per heavy atom. The van der Waals surface area contributed by atoms with Crippen LogP contribution in [0.5, 0.6) is 0 Å².